The van der Waals surface area contributed by atoms with Crippen molar-refractivity contribution in [1.82, 2.24) is 25.1 Å². The second kappa shape index (κ2) is 6.13. The Hall–Kier alpha value is -2.44. The zero-order valence-electron chi connectivity index (χ0n) is 12.8. The first-order valence-corrected chi connectivity index (χ1v) is 7.36. The van der Waals surface area contributed by atoms with Crippen LogP contribution in [0.4, 0.5) is 0 Å². The number of nitrogens with zero attached hydrogens (tertiary/aromatic N) is 5. The third-order valence-corrected chi connectivity index (χ3v) is 3.94. The van der Waals surface area contributed by atoms with Crippen molar-refractivity contribution in [2.45, 2.75) is 19.3 Å². The predicted octanol–water partition coefficient (Wildman–Crippen LogP) is 1.54. The number of hydrogen-bond donors (Lipinski definition) is 0. The largest absolute Gasteiger partial charge is 0.494 e. The Kier molecular flexibility index (Phi) is 4.04. The van der Waals surface area contributed by atoms with Gasteiger partial charge in [0.05, 0.1) is 7.11 Å². The fourth-order valence-electron chi connectivity index (χ4n) is 2.38. The van der Waals surface area contributed by atoms with E-state index < -0.39 is 0 Å². The molecule has 0 atom stereocenters. The highest BCUT2D eigenvalue weighted by Gasteiger charge is 2.23. The summed E-state index contributed by atoms with van der Waals surface area (Å²) in [6, 6.07) is 5.28. The van der Waals surface area contributed by atoms with E-state index in [1.807, 2.05) is 7.05 Å². The van der Waals surface area contributed by atoms with Crippen molar-refractivity contribution in [1.29, 1.82) is 0 Å². The Morgan fingerprint density at radius 3 is 2.91 bits per heavy atom. The van der Waals surface area contributed by atoms with Gasteiger partial charge in [-0.15, -0.1) is 5.10 Å². The molecular formula is C15H19N5O2. The van der Waals surface area contributed by atoms with Crippen LogP contribution in [0.25, 0.3) is 5.69 Å². The van der Waals surface area contributed by atoms with E-state index in [4.69, 9.17) is 4.74 Å². The lowest BCUT2D eigenvalue weighted by Crippen LogP contribution is -2.28. The van der Waals surface area contributed by atoms with Gasteiger partial charge < -0.3 is 9.64 Å². The van der Waals surface area contributed by atoms with Crippen LogP contribution in [0.3, 0.4) is 0 Å². The van der Waals surface area contributed by atoms with Crippen LogP contribution in [0, 0.1) is 5.92 Å². The summed E-state index contributed by atoms with van der Waals surface area (Å²) in [5.74, 6) is 1.42. The number of amides is 1. The lowest BCUT2D eigenvalue weighted by molar-refractivity contribution is 0.0791. The highest BCUT2D eigenvalue weighted by molar-refractivity contribution is 5.95. The molecule has 1 aliphatic rings. The summed E-state index contributed by atoms with van der Waals surface area (Å²) in [6.07, 6.45) is 5.16. The molecule has 0 radical (unpaired) electrons. The molecule has 1 fully saturated rings. The molecule has 1 heterocycles. The first-order chi connectivity index (χ1) is 10.7. The number of carbonyl (C=O) groups is 1. The lowest BCUT2D eigenvalue weighted by atomic mass is 10.1. The number of methoxy groups -OCH3 is 1. The molecule has 0 bridgehead atoms. The van der Waals surface area contributed by atoms with Gasteiger partial charge in [-0.1, -0.05) is 12.8 Å². The van der Waals surface area contributed by atoms with Crippen LogP contribution in [0.2, 0.25) is 0 Å². The van der Waals surface area contributed by atoms with E-state index >= 15 is 0 Å². The third kappa shape index (κ3) is 3.08. The minimum absolute atomic E-state index is 0.00220. The molecule has 0 N–H and O–H groups in total. The predicted molar refractivity (Wildman–Crippen MR) is 80.0 cm³/mol. The first-order valence-electron chi connectivity index (χ1n) is 7.36. The van der Waals surface area contributed by atoms with Crippen LogP contribution in [-0.4, -0.2) is 51.7 Å². The van der Waals surface area contributed by atoms with Gasteiger partial charge in [-0.2, -0.15) is 4.68 Å². The summed E-state index contributed by atoms with van der Waals surface area (Å²) in [5, 5.41) is 11.1. The highest BCUT2D eigenvalue weighted by Crippen LogP contribution is 2.32. The van der Waals surface area contributed by atoms with Gasteiger partial charge in [0.25, 0.3) is 5.91 Å². The number of tetrazole rings is 1. The van der Waals surface area contributed by atoms with Gasteiger partial charge in [-0.3, -0.25) is 4.79 Å². The Morgan fingerprint density at radius 2 is 2.27 bits per heavy atom. The van der Waals surface area contributed by atoms with Crippen molar-refractivity contribution in [2.75, 3.05) is 20.7 Å². The quantitative estimate of drug-likeness (QED) is 0.809. The zero-order valence-corrected chi connectivity index (χ0v) is 12.8. The van der Waals surface area contributed by atoms with E-state index in [1.54, 1.807) is 30.2 Å². The maximum absolute atomic E-state index is 12.5. The Balaban J connectivity index is 1.80. The molecule has 116 valence electrons. The topological polar surface area (TPSA) is 73.1 Å². The molecule has 2 aromatic rings. The molecule has 1 aromatic heterocycles. The van der Waals surface area contributed by atoms with Gasteiger partial charge in [0, 0.05) is 19.2 Å². The molecule has 7 nitrogen and oxygen atoms in total. The maximum Gasteiger partial charge on any atom is 0.253 e. The first kappa shape index (κ1) is 14.5. The third-order valence-electron chi connectivity index (χ3n) is 3.94. The minimum atomic E-state index is -0.00220. The maximum atomic E-state index is 12.5. The van der Waals surface area contributed by atoms with Crippen LogP contribution < -0.4 is 4.74 Å². The Morgan fingerprint density at radius 1 is 1.45 bits per heavy atom. The molecule has 22 heavy (non-hydrogen) atoms. The van der Waals surface area contributed by atoms with E-state index in [9.17, 15) is 4.79 Å². The average Bonchev–Trinajstić information content (AvgIpc) is 3.22. The molecule has 1 saturated carbocycles. The van der Waals surface area contributed by atoms with E-state index in [2.05, 4.69) is 15.5 Å². The normalized spacial score (nSPS) is 13.9. The standard InChI is InChI=1S/C15H19N5O2/c1-19(8-7-11-3-4-11)15(21)12-5-6-14(22-2)13(9-12)20-10-16-17-18-20/h5-6,9-11H,3-4,7-8H2,1-2H3. The SMILES string of the molecule is COc1ccc(C(=O)N(C)CCC2CC2)cc1-n1cnnn1. The molecule has 3 rings (SSSR count). The highest BCUT2D eigenvalue weighted by atomic mass is 16.5. The molecular weight excluding hydrogens is 282 g/mol. The minimum Gasteiger partial charge on any atom is -0.494 e. The number of rotatable bonds is 6. The fourth-order valence-corrected chi connectivity index (χ4v) is 2.38. The fraction of sp³-hybridized carbons (Fsp3) is 0.467. The molecule has 1 aliphatic carbocycles. The van der Waals surface area contributed by atoms with Crippen molar-refractivity contribution in [3.05, 3.63) is 30.1 Å². The van der Waals surface area contributed by atoms with E-state index in [0.29, 0.717) is 17.0 Å². The van der Waals surface area contributed by atoms with Crippen LogP contribution in [0.5, 0.6) is 5.75 Å². The molecule has 0 unspecified atom stereocenters. The van der Waals surface area contributed by atoms with Gasteiger partial charge in [0.1, 0.15) is 17.8 Å². The van der Waals surface area contributed by atoms with Crippen molar-refractivity contribution < 1.29 is 9.53 Å². The van der Waals surface area contributed by atoms with E-state index in [-0.39, 0.29) is 5.91 Å². The molecule has 7 heteroatoms. The second-order valence-electron chi connectivity index (χ2n) is 5.60. The van der Waals surface area contributed by atoms with Crippen LogP contribution in [-0.2, 0) is 0 Å². The molecule has 0 spiro atoms. The van der Waals surface area contributed by atoms with Gasteiger partial charge >= 0.3 is 0 Å². The summed E-state index contributed by atoms with van der Waals surface area (Å²) in [5.41, 5.74) is 1.25. The van der Waals surface area contributed by atoms with Gasteiger partial charge in [-0.05, 0) is 41.0 Å². The summed E-state index contributed by atoms with van der Waals surface area (Å²) < 4.78 is 6.80. The van der Waals surface area contributed by atoms with Crippen molar-refractivity contribution in [3.8, 4) is 11.4 Å². The summed E-state index contributed by atoms with van der Waals surface area (Å²) in [4.78, 5) is 14.3. The molecule has 0 saturated heterocycles. The van der Waals surface area contributed by atoms with Gasteiger partial charge in [0.2, 0.25) is 0 Å². The monoisotopic (exact) mass is 301 g/mol. The second-order valence-corrected chi connectivity index (χ2v) is 5.60. The summed E-state index contributed by atoms with van der Waals surface area (Å²) >= 11 is 0. The number of carbonyl (C=O) groups excluding carboxylic acids is 1. The molecule has 0 aliphatic heterocycles. The van der Waals surface area contributed by atoms with E-state index in [1.165, 1.54) is 23.9 Å². The van der Waals surface area contributed by atoms with E-state index in [0.717, 1.165) is 18.9 Å². The van der Waals surface area contributed by atoms with Crippen LogP contribution in [0.1, 0.15) is 29.6 Å². The van der Waals surface area contributed by atoms with Crippen molar-refractivity contribution in [2.24, 2.45) is 5.92 Å². The number of ether oxygens (including phenoxy) is 1. The molecule has 1 amide bonds. The number of benzene rings is 1. The summed E-state index contributed by atoms with van der Waals surface area (Å²) in [6.45, 7) is 0.787. The number of hydrogen-bond acceptors (Lipinski definition) is 5. The summed E-state index contributed by atoms with van der Waals surface area (Å²) in [7, 11) is 3.41. The van der Waals surface area contributed by atoms with Crippen molar-refractivity contribution >= 4 is 5.91 Å². The average molecular weight is 301 g/mol. The molecule has 1 aromatic carbocycles. The zero-order chi connectivity index (χ0) is 15.5. The Labute approximate surface area is 128 Å². The Bertz CT molecular complexity index is 652. The van der Waals surface area contributed by atoms with Crippen LogP contribution in [0.15, 0.2) is 24.5 Å². The smallest absolute Gasteiger partial charge is 0.253 e. The van der Waals surface area contributed by atoms with Gasteiger partial charge in [0.15, 0.2) is 0 Å². The van der Waals surface area contributed by atoms with Crippen molar-refractivity contribution in [3.63, 3.8) is 0 Å². The van der Waals surface area contributed by atoms with Crippen LogP contribution >= 0.6 is 0 Å². The lowest BCUT2D eigenvalue weighted by Gasteiger charge is -2.18. The number of aromatic nitrogens is 4. The van der Waals surface area contributed by atoms with Gasteiger partial charge in [-0.25, -0.2) is 0 Å².